The molecule has 0 bridgehead atoms. The first-order valence-corrected chi connectivity index (χ1v) is 6.38. The molecule has 0 aromatic carbocycles. The number of carbonyl (C=O) groups is 1. The fraction of sp³-hybridized carbons (Fsp3) is 0.400. The van der Waals surface area contributed by atoms with Crippen molar-refractivity contribution in [3.8, 4) is 0 Å². The molecule has 1 heterocycles. The summed E-state index contributed by atoms with van der Waals surface area (Å²) in [4.78, 5) is 11.8. The molecule has 0 amide bonds. The summed E-state index contributed by atoms with van der Waals surface area (Å²) in [5.74, 6) is 0.338. The third-order valence-corrected chi connectivity index (χ3v) is 3.41. The number of nitrogens with one attached hydrogen (secondary N) is 2. The van der Waals surface area contributed by atoms with E-state index in [1.54, 1.807) is 6.08 Å². The zero-order chi connectivity index (χ0) is 13.1. The van der Waals surface area contributed by atoms with Gasteiger partial charge in [0.25, 0.3) is 0 Å². The van der Waals surface area contributed by atoms with E-state index in [1.165, 1.54) is 5.57 Å². The van der Waals surface area contributed by atoms with Crippen molar-refractivity contribution in [2.75, 3.05) is 6.54 Å². The number of carbonyl (C=O) groups excluding carboxylic acids is 1. The van der Waals surface area contributed by atoms with Crippen molar-refractivity contribution in [1.82, 2.24) is 10.9 Å². The molecular weight excluding hydrogens is 224 g/mol. The van der Waals surface area contributed by atoms with Crippen LogP contribution in [0.15, 0.2) is 47.2 Å². The average Bonchev–Trinajstić information content (AvgIpc) is 2.32. The minimum atomic E-state index is 0.168. The molecule has 0 fully saturated rings. The summed E-state index contributed by atoms with van der Waals surface area (Å²) in [7, 11) is 0. The van der Waals surface area contributed by atoms with Crippen molar-refractivity contribution < 1.29 is 4.79 Å². The van der Waals surface area contributed by atoms with Gasteiger partial charge in [-0.3, -0.25) is 4.79 Å². The van der Waals surface area contributed by atoms with Crippen molar-refractivity contribution in [3.63, 3.8) is 0 Å². The maximum atomic E-state index is 11.8. The van der Waals surface area contributed by atoms with Crippen LogP contribution in [0.25, 0.3) is 0 Å². The van der Waals surface area contributed by atoms with Crippen LogP contribution in [-0.2, 0) is 4.79 Å². The normalized spacial score (nSPS) is 22.0. The summed E-state index contributed by atoms with van der Waals surface area (Å²) in [5, 5.41) is 0. The van der Waals surface area contributed by atoms with Crippen LogP contribution in [0.5, 0.6) is 0 Å². The van der Waals surface area contributed by atoms with Crippen LogP contribution < -0.4 is 10.9 Å². The van der Waals surface area contributed by atoms with Crippen LogP contribution in [0.2, 0.25) is 0 Å². The highest BCUT2D eigenvalue weighted by atomic mass is 16.1. The van der Waals surface area contributed by atoms with Crippen molar-refractivity contribution in [2.45, 2.75) is 26.7 Å². The van der Waals surface area contributed by atoms with E-state index < -0.39 is 0 Å². The molecule has 3 heteroatoms. The van der Waals surface area contributed by atoms with Crippen LogP contribution in [0.4, 0.5) is 0 Å². The number of hydrogen-bond donors (Lipinski definition) is 2. The molecule has 1 aliphatic carbocycles. The lowest BCUT2D eigenvalue weighted by Gasteiger charge is -2.26. The van der Waals surface area contributed by atoms with E-state index in [-0.39, 0.29) is 11.7 Å². The summed E-state index contributed by atoms with van der Waals surface area (Å²) >= 11 is 0. The molecule has 0 spiro atoms. The Morgan fingerprint density at radius 2 is 2.22 bits per heavy atom. The highest BCUT2D eigenvalue weighted by molar-refractivity contribution is 5.95. The highest BCUT2D eigenvalue weighted by Gasteiger charge is 2.22. The lowest BCUT2D eigenvalue weighted by molar-refractivity contribution is -0.114. The number of rotatable bonds is 2. The van der Waals surface area contributed by atoms with Crippen molar-refractivity contribution in [1.29, 1.82) is 0 Å². The van der Waals surface area contributed by atoms with Gasteiger partial charge in [0.15, 0.2) is 5.78 Å². The molecule has 1 unspecified atom stereocenters. The molecule has 2 aliphatic rings. The van der Waals surface area contributed by atoms with E-state index in [0.29, 0.717) is 6.42 Å². The Morgan fingerprint density at radius 1 is 1.44 bits per heavy atom. The molecule has 0 saturated heterocycles. The highest BCUT2D eigenvalue weighted by Crippen LogP contribution is 2.29. The molecule has 0 radical (unpaired) electrons. The Kier molecular flexibility index (Phi) is 3.82. The summed E-state index contributed by atoms with van der Waals surface area (Å²) < 4.78 is 0. The largest absolute Gasteiger partial charge is 0.321 e. The first-order chi connectivity index (χ1) is 8.61. The van der Waals surface area contributed by atoms with Crippen molar-refractivity contribution >= 4 is 5.78 Å². The van der Waals surface area contributed by atoms with E-state index in [2.05, 4.69) is 37.4 Å². The quantitative estimate of drug-likeness (QED) is 0.733. The molecule has 0 aromatic heterocycles. The minimum Gasteiger partial charge on any atom is -0.321 e. The van der Waals surface area contributed by atoms with Crippen LogP contribution in [0.3, 0.4) is 0 Å². The Bertz CT molecular complexity index is 469. The molecule has 2 N–H and O–H groups in total. The van der Waals surface area contributed by atoms with E-state index in [0.717, 1.165) is 29.8 Å². The molecular formula is C15H20N2O. The number of allylic oxidation sites excluding steroid dienone is 5. The molecule has 1 aliphatic heterocycles. The molecule has 18 heavy (non-hydrogen) atoms. The lowest BCUT2D eigenvalue weighted by Crippen LogP contribution is -2.36. The Balaban J connectivity index is 2.46. The first kappa shape index (κ1) is 12.8. The summed E-state index contributed by atoms with van der Waals surface area (Å²) in [5.41, 5.74) is 10.9. The smallest absolute Gasteiger partial charge is 0.160 e. The number of hydrazine groups is 1. The van der Waals surface area contributed by atoms with Crippen LogP contribution >= 0.6 is 0 Å². The Hall–Kier alpha value is -1.61. The number of hydrogen-bond acceptors (Lipinski definition) is 3. The van der Waals surface area contributed by atoms with E-state index in [9.17, 15) is 4.79 Å². The third-order valence-electron chi connectivity index (χ3n) is 3.41. The van der Waals surface area contributed by atoms with Crippen LogP contribution in [-0.4, -0.2) is 12.3 Å². The van der Waals surface area contributed by atoms with E-state index in [4.69, 9.17) is 0 Å². The molecule has 0 saturated carbocycles. The summed E-state index contributed by atoms with van der Waals surface area (Å²) in [6.45, 7) is 8.87. The van der Waals surface area contributed by atoms with E-state index >= 15 is 0 Å². The summed E-state index contributed by atoms with van der Waals surface area (Å²) in [6.07, 6.45) is 7.23. The van der Waals surface area contributed by atoms with Gasteiger partial charge in [0.1, 0.15) is 0 Å². The zero-order valence-corrected chi connectivity index (χ0v) is 11.0. The predicted octanol–water partition coefficient (Wildman–Crippen LogP) is 2.41. The summed E-state index contributed by atoms with van der Waals surface area (Å²) in [6, 6.07) is 0. The third kappa shape index (κ3) is 2.62. The van der Waals surface area contributed by atoms with Gasteiger partial charge in [0.2, 0.25) is 0 Å². The second-order valence-electron chi connectivity index (χ2n) is 4.96. The van der Waals surface area contributed by atoms with Crippen molar-refractivity contribution in [2.24, 2.45) is 5.92 Å². The van der Waals surface area contributed by atoms with Gasteiger partial charge in [-0.1, -0.05) is 24.6 Å². The lowest BCUT2D eigenvalue weighted by atomic mass is 9.87. The first-order valence-electron chi connectivity index (χ1n) is 6.38. The predicted molar refractivity (Wildman–Crippen MR) is 73.6 cm³/mol. The second-order valence-corrected chi connectivity index (χ2v) is 4.96. The SMILES string of the molecule is C=CC(C)C1=CC(=O)CC2=C1NNCCC(C)=C2. The molecule has 96 valence electrons. The Labute approximate surface area is 108 Å². The van der Waals surface area contributed by atoms with Gasteiger partial charge >= 0.3 is 0 Å². The number of ketones is 1. The average molecular weight is 244 g/mol. The van der Waals surface area contributed by atoms with Gasteiger partial charge in [-0.15, -0.1) is 6.58 Å². The fourth-order valence-electron chi connectivity index (χ4n) is 2.30. The fourth-order valence-corrected chi connectivity index (χ4v) is 2.30. The van der Waals surface area contributed by atoms with Crippen molar-refractivity contribution in [3.05, 3.63) is 47.2 Å². The molecule has 3 nitrogen and oxygen atoms in total. The topological polar surface area (TPSA) is 41.1 Å². The monoisotopic (exact) mass is 244 g/mol. The second kappa shape index (κ2) is 5.36. The molecule has 1 atom stereocenters. The zero-order valence-electron chi connectivity index (χ0n) is 11.0. The minimum absolute atomic E-state index is 0.168. The maximum Gasteiger partial charge on any atom is 0.160 e. The van der Waals surface area contributed by atoms with Gasteiger partial charge in [-0.25, -0.2) is 5.43 Å². The Morgan fingerprint density at radius 3 is 2.94 bits per heavy atom. The molecule has 0 aromatic rings. The van der Waals surface area contributed by atoms with Crippen LogP contribution in [0.1, 0.15) is 26.7 Å². The molecule has 2 rings (SSSR count). The van der Waals surface area contributed by atoms with E-state index in [1.807, 2.05) is 6.08 Å². The maximum absolute atomic E-state index is 11.8. The van der Waals surface area contributed by atoms with Gasteiger partial charge in [0, 0.05) is 18.9 Å². The van der Waals surface area contributed by atoms with Gasteiger partial charge < -0.3 is 5.43 Å². The standard InChI is InChI=1S/C15H20N2O/c1-4-11(3)14-9-13(18)8-12-7-10(2)5-6-16-17-15(12)14/h4,7,9,11,16-17H,1,5-6,8H2,2-3H3. The van der Waals surface area contributed by atoms with Crippen LogP contribution in [0, 0.1) is 5.92 Å². The van der Waals surface area contributed by atoms with Gasteiger partial charge in [-0.05, 0) is 30.6 Å². The van der Waals surface area contributed by atoms with Gasteiger partial charge in [-0.2, -0.15) is 0 Å². The van der Waals surface area contributed by atoms with Gasteiger partial charge in [0.05, 0.1) is 5.70 Å².